The number of hydrogen-bond donors (Lipinski definition) is 2. The number of aryl methyl sites for hydroxylation is 1. The van der Waals surface area contributed by atoms with E-state index in [1.165, 1.54) is 0 Å². The average Bonchev–Trinajstić information content (AvgIpc) is 3.27. The van der Waals surface area contributed by atoms with Crippen LogP contribution in [0.2, 0.25) is 0 Å². The van der Waals surface area contributed by atoms with E-state index in [0.717, 1.165) is 43.6 Å². The second-order valence-corrected chi connectivity index (χ2v) is 6.39. The molecule has 23 heavy (non-hydrogen) atoms. The topological polar surface area (TPSA) is 71.8 Å². The number of rotatable bonds is 5. The Hall–Kier alpha value is -2.21. The van der Waals surface area contributed by atoms with Crippen molar-refractivity contribution in [3.63, 3.8) is 0 Å². The minimum absolute atomic E-state index is 0.0723. The van der Waals surface area contributed by atoms with E-state index in [-0.39, 0.29) is 18.0 Å². The van der Waals surface area contributed by atoms with Crippen LogP contribution in [0.4, 0.5) is 0 Å². The van der Waals surface area contributed by atoms with Gasteiger partial charge in [-0.25, -0.2) is 9.67 Å². The number of nitrogens with one attached hydrogen (secondary N) is 2. The maximum atomic E-state index is 12.7. The number of fused-ring (bicyclic) bond motifs is 1. The van der Waals surface area contributed by atoms with Crippen molar-refractivity contribution >= 4 is 5.91 Å². The van der Waals surface area contributed by atoms with E-state index < -0.39 is 0 Å². The molecule has 2 aliphatic rings. The molecule has 120 valence electrons. The summed E-state index contributed by atoms with van der Waals surface area (Å²) in [5, 5.41) is 10.9. The molecular formula is C17H21N5O. The highest BCUT2D eigenvalue weighted by molar-refractivity contribution is 5.83. The van der Waals surface area contributed by atoms with E-state index in [1.54, 1.807) is 6.33 Å². The summed E-state index contributed by atoms with van der Waals surface area (Å²) in [4.78, 5) is 16.9. The molecule has 2 N–H and O–H groups in total. The van der Waals surface area contributed by atoms with Crippen molar-refractivity contribution in [1.82, 2.24) is 25.4 Å². The first kappa shape index (κ1) is 14.4. The summed E-state index contributed by atoms with van der Waals surface area (Å²) < 4.78 is 1.93. The van der Waals surface area contributed by atoms with E-state index in [9.17, 15) is 4.79 Å². The highest BCUT2D eigenvalue weighted by atomic mass is 16.2. The Bertz CT molecular complexity index is 679. The Labute approximate surface area is 135 Å². The van der Waals surface area contributed by atoms with Crippen molar-refractivity contribution in [3.05, 3.63) is 48.0 Å². The summed E-state index contributed by atoms with van der Waals surface area (Å²) in [6.07, 6.45) is 5.66. The fourth-order valence-corrected chi connectivity index (χ4v) is 3.09. The highest BCUT2D eigenvalue weighted by Crippen LogP contribution is 2.22. The van der Waals surface area contributed by atoms with Gasteiger partial charge in [-0.1, -0.05) is 30.3 Å². The number of aromatic nitrogens is 3. The van der Waals surface area contributed by atoms with Gasteiger partial charge in [0.15, 0.2) is 0 Å². The summed E-state index contributed by atoms with van der Waals surface area (Å²) >= 11 is 0. The molecule has 2 unspecified atom stereocenters. The molecule has 1 aliphatic heterocycles. The van der Waals surface area contributed by atoms with Crippen molar-refractivity contribution < 1.29 is 4.79 Å². The van der Waals surface area contributed by atoms with Gasteiger partial charge < -0.3 is 5.32 Å². The normalized spacial score (nSPS) is 21.5. The van der Waals surface area contributed by atoms with Crippen molar-refractivity contribution in [2.24, 2.45) is 0 Å². The molecule has 2 heterocycles. The fraction of sp³-hybridized carbons (Fsp3) is 0.471. The van der Waals surface area contributed by atoms with E-state index in [0.29, 0.717) is 6.04 Å². The third kappa shape index (κ3) is 3.27. The van der Waals surface area contributed by atoms with Crippen LogP contribution in [0.25, 0.3) is 0 Å². The molecule has 0 saturated heterocycles. The molecule has 2 aromatic rings. The number of benzene rings is 1. The lowest BCUT2D eigenvalue weighted by Crippen LogP contribution is -2.46. The zero-order chi connectivity index (χ0) is 15.6. The molecule has 1 aromatic carbocycles. The maximum Gasteiger partial charge on any atom is 0.241 e. The predicted molar refractivity (Wildman–Crippen MR) is 85.6 cm³/mol. The van der Waals surface area contributed by atoms with Crippen LogP contribution in [-0.2, 0) is 17.8 Å². The summed E-state index contributed by atoms with van der Waals surface area (Å²) in [5.74, 6) is 1.10. The lowest BCUT2D eigenvalue weighted by molar-refractivity contribution is -0.123. The van der Waals surface area contributed by atoms with Crippen molar-refractivity contribution in [2.45, 2.75) is 50.4 Å². The third-order valence-electron chi connectivity index (χ3n) is 4.53. The monoisotopic (exact) mass is 311 g/mol. The standard InChI is InChI=1S/C17H21N5O/c23-17(21-13-6-7-13)16(12-4-2-1-3-5-12)20-14-8-9-15-18-11-19-22(15)10-14/h1-5,11,13-14,16,20H,6-10H2,(H,21,23). The van der Waals surface area contributed by atoms with Crippen LogP contribution in [0.1, 0.15) is 36.7 Å². The zero-order valence-corrected chi connectivity index (χ0v) is 13.0. The molecular weight excluding hydrogens is 290 g/mol. The van der Waals surface area contributed by atoms with Crippen LogP contribution in [0, 0.1) is 0 Å². The first-order valence-electron chi connectivity index (χ1n) is 8.27. The molecule has 1 fully saturated rings. The van der Waals surface area contributed by atoms with E-state index >= 15 is 0 Å². The van der Waals surface area contributed by atoms with Gasteiger partial charge in [0.1, 0.15) is 18.2 Å². The molecule has 1 saturated carbocycles. The van der Waals surface area contributed by atoms with E-state index in [4.69, 9.17) is 0 Å². The Morgan fingerprint density at radius 1 is 1.17 bits per heavy atom. The zero-order valence-electron chi connectivity index (χ0n) is 13.0. The Balaban J connectivity index is 1.50. The van der Waals surface area contributed by atoms with E-state index in [2.05, 4.69) is 20.7 Å². The molecule has 0 bridgehead atoms. The van der Waals surface area contributed by atoms with E-state index in [1.807, 2.05) is 35.0 Å². The first-order chi connectivity index (χ1) is 11.3. The van der Waals surface area contributed by atoms with Gasteiger partial charge in [-0.15, -0.1) is 0 Å². The number of carbonyl (C=O) groups is 1. The van der Waals surface area contributed by atoms with Crippen LogP contribution in [-0.4, -0.2) is 32.8 Å². The van der Waals surface area contributed by atoms with Crippen LogP contribution in [0.5, 0.6) is 0 Å². The van der Waals surface area contributed by atoms with Crippen molar-refractivity contribution in [1.29, 1.82) is 0 Å². The smallest absolute Gasteiger partial charge is 0.241 e. The fourth-order valence-electron chi connectivity index (χ4n) is 3.09. The lowest BCUT2D eigenvalue weighted by atomic mass is 10.0. The quantitative estimate of drug-likeness (QED) is 0.870. The lowest BCUT2D eigenvalue weighted by Gasteiger charge is -2.28. The first-order valence-corrected chi connectivity index (χ1v) is 8.27. The third-order valence-corrected chi connectivity index (χ3v) is 4.53. The SMILES string of the molecule is O=C(NC1CC1)C(NC1CCc2ncnn2C1)c1ccccc1. The Kier molecular flexibility index (Phi) is 3.83. The van der Waals surface area contributed by atoms with Gasteiger partial charge >= 0.3 is 0 Å². The molecule has 0 spiro atoms. The van der Waals surface area contributed by atoms with Gasteiger partial charge in [0.2, 0.25) is 5.91 Å². The summed E-state index contributed by atoms with van der Waals surface area (Å²) in [5.41, 5.74) is 1.01. The Morgan fingerprint density at radius 3 is 2.78 bits per heavy atom. The number of carbonyl (C=O) groups excluding carboxylic acids is 1. The molecule has 6 heteroatoms. The van der Waals surface area contributed by atoms with Gasteiger partial charge in [-0.2, -0.15) is 5.10 Å². The number of amides is 1. The molecule has 6 nitrogen and oxygen atoms in total. The minimum Gasteiger partial charge on any atom is -0.352 e. The average molecular weight is 311 g/mol. The summed E-state index contributed by atoms with van der Waals surface area (Å²) in [6, 6.07) is 10.2. The summed E-state index contributed by atoms with van der Waals surface area (Å²) in [6.45, 7) is 0.759. The van der Waals surface area contributed by atoms with Crippen LogP contribution in [0.3, 0.4) is 0 Å². The molecule has 1 amide bonds. The van der Waals surface area contributed by atoms with Gasteiger partial charge in [-0.3, -0.25) is 10.1 Å². The van der Waals surface area contributed by atoms with Crippen LogP contribution in [0.15, 0.2) is 36.7 Å². The van der Waals surface area contributed by atoms with Gasteiger partial charge in [0, 0.05) is 18.5 Å². The minimum atomic E-state index is -0.313. The second-order valence-electron chi connectivity index (χ2n) is 6.39. The number of nitrogens with zero attached hydrogens (tertiary/aromatic N) is 3. The molecule has 1 aliphatic carbocycles. The molecule has 1 aromatic heterocycles. The summed E-state index contributed by atoms with van der Waals surface area (Å²) in [7, 11) is 0. The molecule has 0 radical (unpaired) electrons. The van der Waals surface area contributed by atoms with Gasteiger partial charge in [0.25, 0.3) is 0 Å². The van der Waals surface area contributed by atoms with Crippen molar-refractivity contribution in [3.8, 4) is 0 Å². The van der Waals surface area contributed by atoms with Gasteiger partial charge in [0.05, 0.1) is 6.54 Å². The maximum absolute atomic E-state index is 12.7. The predicted octanol–water partition coefficient (Wildman–Crippen LogP) is 1.20. The van der Waals surface area contributed by atoms with Crippen LogP contribution >= 0.6 is 0 Å². The van der Waals surface area contributed by atoms with Crippen molar-refractivity contribution in [2.75, 3.05) is 0 Å². The van der Waals surface area contributed by atoms with Gasteiger partial charge in [-0.05, 0) is 24.8 Å². The molecule has 2 atom stereocenters. The largest absolute Gasteiger partial charge is 0.352 e. The van der Waals surface area contributed by atoms with Crippen LogP contribution < -0.4 is 10.6 Å². The highest BCUT2D eigenvalue weighted by Gasteiger charge is 2.30. The number of hydrogen-bond acceptors (Lipinski definition) is 4. The Morgan fingerprint density at radius 2 is 2.00 bits per heavy atom. The molecule has 4 rings (SSSR count). The second kappa shape index (κ2) is 6.12.